The normalized spacial score (nSPS) is 16.9. The second kappa shape index (κ2) is 10.6. The Kier molecular flexibility index (Phi) is 7.85. The molecule has 166 valence electrons. The number of para-hydroxylation sites is 2. The van der Waals surface area contributed by atoms with E-state index in [1.807, 2.05) is 19.1 Å². The molecule has 0 aliphatic carbocycles. The second-order valence-electron chi connectivity index (χ2n) is 7.03. The van der Waals surface area contributed by atoms with Crippen LogP contribution in [0.15, 0.2) is 28.6 Å². The molecule has 3 rings (SSSR count). The minimum atomic E-state index is -0.889. The highest BCUT2D eigenvalue weighted by atomic mass is 32.2. The van der Waals surface area contributed by atoms with E-state index < -0.39 is 17.1 Å². The maximum absolute atomic E-state index is 12.7. The van der Waals surface area contributed by atoms with Gasteiger partial charge in [-0.1, -0.05) is 55.0 Å². The molecule has 31 heavy (non-hydrogen) atoms. The minimum Gasteiger partial charge on any atom is -0.495 e. The van der Waals surface area contributed by atoms with Gasteiger partial charge in [-0.25, -0.2) is 0 Å². The smallest absolute Gasteiger partial charge is 0.317 e. The van der Waals surface area contributed by atoms with Crippen LogP contribution in [0.4, 0.5) is 10.8 Å². The van der Waals surface area contributed by atoms with Crippen LogP contribution < -0.4 is 15.0 Å². The van der Waals surface area contributed by atoms with Crippen molar-refractivity contribution in [2.24, 2.45) is 5.92 Å². The summed E-state index contributed by atoms with van der Waals surface area (Å²) in [4.78, 5) is 38.1. The first-order valence-electron chi connectivity index (χ1n) is 9.90. The summed E-state index contributed by atoms with van der Waals surface area (Å²) in [5.41, 5.74) is 0.631. The zero-order chi connectivity index (χ0) is 22.4. The Labute approximate surface area is 188 Å². The molecule has 1 aliphatic heterocycles. The molecule has 2 N–H and O–H groups in total. The number of aromatic nitrogens is 2. The molecule has 2 heterocycles. The third-order valence-corrected chi connectivity index (χ3v) is 7.02. The van der Waals surface area contributed by atoms with Gasteiger partial charge in [0.1, 0.15) is 11.0 Å². The first-order valence-corrected chi connectivity index (χ1v) is 11.6. The molecule has 1 fully saturated rings. The van der Waals surface area contributed by atoms with Gasteiger partial charge in [0.2, 0.25) is 16.9 Å². The average molecular weight is 465 g/mol. The molecular formula is C20H24N4O5S2. The number of nitrogens with zero attached hydrogens (tertiary/aromatic N) is 3. The monoisotopic (exact) mass is 464 g/mol. The van der Waals surface area contributed by atoms with Gasteiger partial charge in [0, 0.05) is 13.0 Å². The van der Waals surface area contributed by atoms with Gasteiger partial charge in [0.15, 0.2) is 4.34 Å². The average Bonchev–Trinajstić information content (AvgIpc) is 3.37. The Hall–Kier alpha value is -2.66. The predicted molar refractivity (Wildman–Crippen MR) is 119 cm³/mol. The predicted octanol–water partition coefficient (Wildman–Crippen LogP) is 3.27. The maximum atomic E-state index is 12.7. The summed E-state index contributed by atoms with van der Waals surface area (Å²) in [6.07, 6.45) is 2.35. The molecule has 0 unspecified atom stereocenters. The van der Waals surface area contributed by atoms with Gasteiger partial charge in [0.25, 0.3) is 0 Å². The Bertz CT molecular complexity index is 951. The van der Waals surface area contributed by atoms with Crippen molar-refractivity contribution in [2.75, 3.05) is 23.9 Å². The second-order valence-corrected chi connectivity index (χ2v) is 9.45. The van der Waals surface area contributed by atoms with Crippen molar-refractivity contribution in [3.05, 3.63) is 24.3 Å². The number of rotatable bonds is 10. The minimum absolute atomic E-state index is 0.0857. The number of benzene rings is 1. The lowest BCUT2D eigenvalue weighted by Crippen LogP contribution is -2.28. The molecule has 2 amide bonds. The lowest BCUT2D eigenvalue weighted by Gasteiger charge is -2.19. The van der Waals surface area contributed by atoms with E-state index in [9.17, 15) is 19.5 Å². The van der Waals surface area contributed by atoms with Crippen molar-refractivity contribution in [3.63, 3.8) is 0 Å². The lowest BCUT2D eigenvalue weighted by atomic mass is 10.1. The van der Waals surface area contributed by atoms with Gasteiger partial charge >= 0.3 is 5.97 Å². The number of amides is 2. The number of unbranched alkanes of at least 4 members (excludes halogenated alkanes) is 1. The van der Waals surface area contributed by atoms with Crippen molar-refractivity contribution in [2.45, 2.75) is 42.2 Å². The topological polar surface area (TPSA) is 122 Å². The van der Waals surface area contributed by atoms with Crippen molar-refractivity contribution >= 4 is 51.7 Å². The molecule has 1 aliphatic rings. The van der Waals surface area contributed by atoms with E-state index in [2.05, 4.69) is 15.5 Å². The number of carbonyl (C=O) groups excluding carboxylic acids is 2. The highest BCUT2D eigenvalue weighted by Gasteiger charge is 2.36. The molecule has 2 atom stereocenters. The molecule has 11 heteroatoms. The zero-order valence-electron chi connectivity index (χ0n) is 17.2. The molecule has 0 spiro atoms. The number of nitrogens with one attached hydrogen (secondary N) is 1. The van der Waals surface area contributed by atoms with Crippen LogP contribution in [0.3, 0.4) is 0 Å². The Morgan fingerprint density at radius 1 is 1.39 bits per heavy atom. The van der Waals surface area contributed by atoms with E-state index in [4.69, 9.17) is 4.74 Å². The van der Waals surface area contributed by atoms with Gasteiger partial charge < -0.3 is 20.1 Å². The van der Waals surface area contributed by atoms with E-state index in [1.54, 1.807) is 17.0 Å². The molecule has 1 saturated heterocycles. The van der Waals surface area contributed by atoms with Crippen molar-refractivity contribution in [3.8, 4) is 5.75 Å². The first-order chi connectivity index (χ1) is 14.9. The van der Waals surface area contributed by atoms with Crippen LogP contribution in [-0.4, -0.2) is 52.0 Å². The number of carboxylic acid groups (broad SMARTS) is 1. The summed E-state index contributed by atoms with van der Waals surface area (Å²) < 4.78 is 5.80. The molecule has 9 nitrogen and oxygen atoms in total. The fourth-order valence-corrected chi connectivity index (χ4v) is 5.20. The fraction of sp³-hybridized carbons (Fsp3) is 0.450. The van der Waals surface area contributed by atoms with Gasteiger partial charge in [-0.2, -0.15) is 0 Å². The van der Waals surface area contributed by atoms with Crippen LogP contribution in [0.1, 0.15) is 32.6 Å². The van der Waals surface area contributed by atoms with Crippen molar-refractivity contribution in [1.82, 2.24) is 10.2 Å². The largest absolute Gasteiger partial charge is 0.495 e. The maximum Gasteiger partial charge on any atom is 0.317 e. The van der Waals surface area contributed by atoms with E-state index in [0.717, 1.165) is 35.9 Å². The summed E-state index contributed by atoms with van der Waals surface area (Å²) in [6, 6.07) is 7.17. The molecule has 1 aromatic heterocycles. The first kappa shape index (κ1) is 23.0. The number of carbonyl (C=O) groups is 3. The van der Waals surface area contributed by atoms with Gasteiger partial charge in [-0.05, 0) is 18.6 Å². The summed E-state index contributed by atoms with van der Waals surface area (Å²) in [5.74, 6) is -1.33. The number of hydrogen-bond donors (Lipinski definition) is 2. The summed E-state index contributed by atoms with van der Waals surface area (Å²) in [5, 5.41) is 19.7. The van der Waals surface area contributed by atoms with E-state index in [0.29, 0.717) is 22.2 Å². The Balaban J connectivity index is 1.61. The SMILES string of the molecule is CCCC[C@H](Sc1nnc(NC(=O)[C@H]2CC(=O)N(c3ccccc3OC)C2)s1)C(=O)O. The summed E-state index contributed by atoms with van der Waals surface area (Å²) in [6.45, 7) is 2.24. The summed E-state index contributed by atoms with van der Waals surface area (Å²) in [7, 11) is 1.53. The quantitative estimate of drug-likeness (QED) is 0.406. The lowest BCUT2D eigenvalue weighted by molar-refractivity contribution is -0.136. The number of methoxy groups -OCH3 is 1. The van der Waals surface area contributed by atoms with Crippen LogP contribution in [0.2, 0.25) is 0 Å². The van der Waals surface area contributed by atoms with Crippen LogP contribution in [0.5, 0.6) is 5.75 Å². The van der Waals surface area contributed by atoms with Crippen LogP contribution in [0.25, 0.3) is 0 Å². The highest BCUT2D eigenvalue weighted by molar-refractivity contribution is 8.02. The molecule has 2 aromatic rings. The van der Waals surface area contributed by atoms with E-state index in [1.165, 1.54) is 7.11 Å². The Morgan fingerprint density at radius 2 is 2.16 bits per heavy atom. The third kappa shape index (κ3) is 5.73. The fourth-order valence-electron chi connectivity index (χ4n) is 3.23. The molecule has 1 aromatic carbocycles. The number of ether oxygens (including phenoxy) is 1. The third-order valence-electron chi connectivity index (χ3n) is 4.85. The van der Waals surface area contributed by atoms with Gasteiger partial charge in [-0.15, -0.1) is 10.2 Å². The van der Waals surface area contributed by atoms with Crippen LogP contribution in [-0.2, 0) is 14.4 Å². The number of aliphatic carboxylic acids is 1. The van der Waals surface area contributed by atoms with Crippen molar-refractivity contribution in [1.29, 1.82) is 0 Å². The highest BCUT2D eigenvalue weighted by Crippen LogP contribution is 2.34. The van der Waals surface area contributed by atoms with Gasteiger partial charge in [-0.3, -0.25) is 14.4 Å². The van der Waals surface area contributed by atoms with Crippen molar-refractivity contribution < 1.29 is 24.2 Å². The summed E-state index contributed by atoms with van der Waals surface area (Å²) >= 11 is 2.27. The van der Waals surface area contributed by atoms with Gasteiger partial charge in [0.05, 0.1) is 18.7 Å². The number of anilines is 2. The van der Waals surface area contributed by atoms with Crippen LogP contribution >= 0.6 is 23.1 Å². The standard InChI is InChI=1S/C20H24N4O5S2/c1-3-4-9-15(18(27)28)30-20-23-22-19(31-20)21-17(26)12-10-16(25)24(11-12)13-7-5-6-8-14(13)29-2/h5-8,12,15H,3-4,9-11H2,1-2H3,(H,27,28)(H,21,22,26)/t12-,15-/m0/s1. The van der Waals surface area contributed by atoms with E-state index in [-0.39, 0.29) is 29.9 Å². The Morgan fingerprint density at radius 3 is 2.87 bits per heavy atom. The molecule has 0 bridgehead atoms. The molecule has 0 radical (unpaired) electrons. The number of hydrogen-bond acceptors (Lipinski definition) is 8. The van der Waals surface area contributed by atoms with E-state index >= 15 is 0 Å². The number of thioether (sulfide) groups is 1. The molecule has 0 saturated carbocycles. The van der Waals surface area contributed by atoms with Crippen LogP contribution in [0, 0.1) is 5.92 Å². The zero-order valence-corrected chi connectivity index (χ0v) is 18.9. The number of carboxylic acids is 1. The molecular weight excluding hydrogens is 440 g/mol.